The number of hydrogen-bond acceptors (Lipinski definition) is 2. The van der Waals surface area contributed by atoms with Gasteiger partial charge in [0, 0.05) is 30.1 Å². The lowest BCUT2D eigenvalue weighted by molar-refractivity contribution is -0.121. The van der Waals surface area contributed by atoms with Crippen LogP contribution in [0.1, 0.15) is 24.8 Å². The highest BCUT2D eigenvalue weighted by atomic mass is 16.1. The Morgan fingerprint density at radius 1 is 1.33 bits per heavy atom. The van der Waals surface area contributed by atoms with E-state index in [1.807, 2.05) is 18.3 Å². The van der Waals surface area contributed by atoms with Crippen molar-refractivity contribution in [2.24, 2.45) is 5.92 Å². The topological polar surface area (TPSA) is 56.9 Å². The third-order valence-electron chi connectivity index (χ3n) is 4.33. The van der Waals surface area contributed by atoms with E-state index in [1.54, 1.807) is 0 Å². The Bertz CT molecular complexity index is 599. The van der Waals surface area contributed by atoms with Crippen molar-refractivity contribution in [3.05, 3.63) is 36.0 Å². The predicted octanol–water partition coefficient (Wildman–Crippen LogP) is 2.22. The minimum Gasteiger partial charge on any atom is -0.361 e. The van der Waals surface area contributed by atoms with E-state index >= 15 is 0 Å². The van der Waals surface area contributed by atoms with Gasteiger partial charge in [-0.2, -0.15) is 0 Å². The zero-order chi connectivity index (χ0) is 14.5. The fourth-order valence-electron chi connectivity index (χ4n) is 3.06. The third kappa shape index (κ3) is 3.64. The molecule has 1 aliphatic heterocycles. The molecule has 1 fully saturated rings. The summed E-state index contributed by atoms with van der Waals surface area (Å²) in [5.74, 6) is 0.867. The van der Waals surface area contributed by atoms with Gasteiger partial charge in [-0.25, -0.2) is 0 Å². The number of H-pyrrole nitrogens is 1. The minimum absolute atomic E-state index is 0.182. The van der Waals surface area contributed by atoms with Gasteiger partial charge in [-0.05, 0) is 49.9 Å². The quantitative estimate of drug-likeness (QED) is 0.762. The summed E-state index contributed by atoms with van der Waals surface area (Å²) in [6.07, 6.45) is 5.79. The van der Waals surface area contributed by atoms with Gasteiger partial charge in [0.05, 0.1) is 0 Å². The minimum atomic E-state index is 0.182. The fraction of sp³-hybridized carbons (Fsp3) is 0.471. The maximum atomic E-state index is 11.9. The number of rotatable bonds is 6. The maximum Gasteiger partial charge on any atom is 0.220 e. The van der Waals surface area contributed by atoms with Gasteiger partial charge >= 0.3 is 0 Å². The second kappa shape index (κ2) is 6.76. The molecule has 1 unspecified atom stereocenters. The Balaban J connectivity index is 1.42. The second-order valence-corrected chi connectivity index (χ2v) is 5.86. The van der Waals surface area contributed by atoms with Crippen LogP contribution in [0.25, 0.3) is 10.9 Å². The Hall–Kier alpha value is -1.81. The summed E-state index contributed by atoms with van der Waals surface area (Å²) < 4.78 is 0. The van der Waals surface area contributed by atoms with Crippen LogP contribution in [-0.4, -0.2) is 30.5 Å². The number of hydrogen-bond donors (Lipinski definition) is 3. The van der Waals surface area contributed by atoms with Crippen LogP contribution >= 0.6 is 0 Å². The van der Waals surface area contributed by atoms with Crippen LogP contribution < -0.4 is 10.6 Å². The Morgan fingerprint density at radius 2 is 2.24 bits per heavy atom. The van der Waals surface area contributed by atoms with Crippen LogP contribution in [-0.2, 0) is 11.2 Å². The van der Waals surface area contributed by atoms with Crippen LogP contribution in [0.3, 0.4) is 0 Å². The smallest absolute Gasteiger partial charge is 0.220 e. The zero-order valence-electron chi connectivity index (χ0n) is 12.3. The summed E-state index contributed by atoms with van der Waals surface area (Å²) in [4.78, 5) is 15.1. The largest absolute Gasteiger partial charge is 0.361 e. The molecule has 2 aromatic rings. The van der Waals surface area contributed by atoms with Crippen molar-refractivity contribution in [3.63, 3.8) is 0 Å². The highest BCUT2D eigenvalue weighted by molar-refractivity contribution is 5.83. The SMILES string of the molecule is O=C(CCC1CCNC1)NCCc1c[nH]c2ccccc12. The molecule has 1 aromatic carbocycles. The summed E-state index contributed by atoms with van der Waals surface area (Å²) >= 11 is 0. The third-order valence-corrected chi connectivity index (χ3v) is 4.33. The lowest BCUT2D eigenvalue weighted by Gasteiger charge is -2.08. The molecule has 1 saturated heterocycles. The summed E-state index contributed by atoms with van der Waals surface area (Å²) in [6, 6.07) is 8.28. The normalized spacial score (nSPS) is 18.2. The van der Waals surface area contributed by atoms with Crippen LogP contribution in [0.2, 0.25) is 0 Å². The van der Waals surface area contributed by atoms with E-state index in [1.165, 1.54) is 17.4 Å². The average molecular weight is 285 g/mol. The molecule has 4 heteroatoms. The molecular weight excluding hydrogens is 262 g/mol. The number of aromatic nitrogens is 1. The number of para-hydroxylation sites is 1. The lowest BCUT2D eigenvalue weighted by atomic mass is 10.0. The molecule has 0 radical (unpaired) electrons. The molecule has 1 atom stereocenters. The number of fused-ring (bicyclic) bond motifs is 1. The van der Waals surface area contributed by atoms with Gasteiger partial charge in [0.15, 0.2) is 0 Å². The molecule has 1 amide bonds. The molecule has 0 saturated carbocycles. The van der Waals surface area contributed by atoms with Crippen molar-refractivity contribution >= 4 is 16.8 Å². The Kier molecular flexibility index (Phi) is 4.55. The summed E-state index contributed by atoms with van der Waals surface area (Å²) in [6.45, 7) is 2.89. The molecule has 2 heterocycles. The molecule has 0 aliphatic carbocycles. The highest BCUT2D eigenvalue weighted by Gasteiger charge is 2.15. The molecular formula is C17H23N3O. The first-order valence-electron chi connectivity index (χ1n) is 7.85. The van der Waals surface area contributed by atoms with Gasteiger partial charge in [-0.1, -0.05) is 18.2 Å². The number of carbonyl (C=O) groups is 1. The van der Waals surface area contributed by atoms with E-state index in [2.05, 4.69) is 27.8 Å². The number of amides is 1. The summed E-state index contributed by atoms with van der Waals surface area (Å²) in [7, 11) is 0. The van der Waals surface area contributed by atoms with Crippen LogP contribution in [0, 0.1) is 5.92 Å². The van der Waals surface area contributed by atoms with E-state index in [-0.39, 0.29) is 5.91 Å². The van der Waals surface area contributed by atoms with Gasteiger partial charge in [0.1, 0.15) is 0 Å². The van der Waals surface area contributed by atoms with Gasteiger partial charge < -0.3 is 15.6 Å². The number of nitrogens with one attached hydrogen (secondary N) is 3. The lowest BCUT2D eigenvalue weighted by Crippen LogP contribution is -2.26. The van der Waals surface area contributed by atoms with Gasteiger partial charge in [0.2, 0.25) is 5.91 Å². The first kappa shape index (κ1) is 14.1. The monoisotopic (exact) mass is 285 g/mol. The molecule has 0 spiro atoms. The van der Waals surface area contributed by atoms with Crippen LogP contribution in [0.5, 0.6) is 0 Å². The molecule has 21 heavy (non-hydrogen) atoms. The van der Waals surface area contributed by atoms with E-state index in [9.17, 15) is 4.79 Å². The van der Waals surface area contributed by atoms with Crippen molar-refractivity contribution < 1.29 is 4.79 Å². The summed E-state index contributed by atoms with van der Waals surface area (Å²) in [5, 5.41) is 7.63. The van der Waals surface area contributed by atoms with E-state index in [4.69, 9.17) is 0 Å². The number of aromatic amines is 1. The van der Waals surface area contributed by atoms with Gasteiger partial charge in [-0.15, -0.1) is 0 Å². The molecule has 0 bridgehead atoms. The summed E-state index contributed by atoms with van der Waals surface area (Å²) in [5.41, 5.74) is 2.43. The molecule has 3 N–H and O–H groups in total. The van der Waals surface area contributed by atoms with Crippen molar-refractivity contribution in [2.45, 2.75) is 25.7 Å². The van der Waals surface area contributed by atoms with Crippen molar-refractivity contribution in [1.29, 1.82) is 0 Å². The first-order chi connectivity index (χ1) is 10.3. The van der Waals surface area contributed by atoms with E-state index in [0.717, 1.165) is 31.4 Å². The number of benzene rings is 1. The van der Waals surface area contributed by atoms with Crippen molar-refractivity contribution in [1.82, 2.24) is 15.6 Å². The van der Waals surface area contributed by atoms with E-state index < -0.39 is 0 Å². The van der Waals surface area contributed by atoms with Crippen molar-refractivity contribution in [3.8, 4) is 0 Å². The Morgan fingerprint density at radius 3 is 3.10 bits per heavy atom. The molecule has 4 nitrogen and oxygen atoms in total. The average Bonchev–Trinajstić information content (AvgIpc) is 3.15. The van der Waals surface area contributed by atoms with E-state index in [0.29, 0.717) is 18.9 Å². The highest BCUT2D eigenvalue weighted by Crippen LogP contribution is 2.18. The molecule has 1 aromatic heterocycles. The molecule has 3 rings (SSSR count). The van der Waals surface area contributed by atoms with Crippen molar-refractivity contribution in [2.75, 3.05) is 19.6 Å². The van der Waals surface area contributed by atoms with Crippen LogP contribution in [0.4, 0.5) is 0 Å². The standard InChI is InChI=1S/C17H23N3O/c21-17(6-5-13-7-9-18-11-13)19-10-8-14-12-20-16-4-2-1-3-15(14)16/h1-4,12-13,18,20H,5-11H2,(H,19,21). The van der Waals surface area contributed by atoms with Gasteiger partial charge in [0.25, 0.3) is 0 Å². The van der Waals surface area contributed by atoms with Gasteiger partial charge in [-0.3, -0.25) is 4.79 Å². The zero-order valence-corrected chi connectivity index (χ0v) is 12.3. The second-order valence-electron chi connectivity index (χ2n) is 5.86. The Labute approximate surface area is 125 Å². The molecule has 112 valence electrons. The molecule has 1 aliphatic rings. The fourth-order valence-corrected chi connectivity index (χ4v) is 3.06. The first-order valence-corrected chi connectivity index (χ1v) is 7.85. The van der Waals surface area contributed by atoms with Crippen LogP contribution in [0.15, 0.2) is 30.5 Å². The maximum absolute atomic E-state index is 11.9. The number of carbonyl (C=O) groups excluding carboxylic acids is 1. The predicted molar refractivity (Wildman–Crippen MR) is 85.2 cm³/mol.